The molecule has 31 heavy (non-hydrogen) atoms. The van der Waals surface area contributed by atoms with Gasteiger partial charge in [-0.3, -0.25) is 9.69 Å². The van der Waals surface area contributed by atoms with Gasteiger partial charge in [-0.05, 0) is 55.0 Å². The molecule has 0 atom stereocenters. The van der Waals surface area contributed by atoms with Gasteiger partial charge in [-0.25, -0.2) is 4.79 Å². The summed E-state index contributed by atoms with van der Waals surface area (Å²) in [6.07, 6.45) is 1.59. The standard InChI is InChI=1S/C22H13Cl2NO4S2/c1-11-2-3-12(21(27)28)8-17(11)25-20(26)19(31-22(25)30)10-14-5-7-18(29-14)15-9-13(23)4-6-16(15)24/h2-10H,1H3,(H,27,28). The van der Waals surface area contributed by atoms with Crippen LogP contribution in [-0.2, 0) is 4.79 Å². The van der Waals surface area contributed by atoms with Gasteiger partial charge in [0.15, 0.2) is 4.32 Å². The van der Waals surface area contributed by atoms with Crippen LogP contribution in [-0.4, -0.2) is 21.3 Å². The fraction of sp³-hybridized carbons (Fsp3) is 0.0455. The van der Waals surface area contributed by atoms with E-state index in [0.29, 0.717) is 42.0 Å². The Bertz CT molecular complexity index is 1280. The summed E-state index contributed by atoms with van der Waals surface area (Å²) in [6, 6.07) is 13.1. The number of amides is 1. The summed E-state index contributed by atoms with van der Waals surface area (Å²) in [5.74, 6) is -0.466. The van der Waals surface area contributed by atoms with Crippen molar-refractivity contribution in [1.29, 1.82) is 0 Å². The Labute approximate surface area is 197 Å². The second-order valence-electron chi connectivity index (χ2n) is 6.65. The third-order valence-electron chi connectivity index (χ3n) is 4.58. The summed E-state index contributed by atoms with van der Waals surface area (Å²) in [5, 5.41) is 10.3. The number of hydrogen-bond donors (Lipinski definition) is 1. The molecule has 1 aliphatic rings. The number of anilines is 1. The van der Waals surface area contributed by atoms with Crippen molar-refractivity contribution in [3.8, 4) is 11.3 Å². The third kappa shape index (κ3) is 4.27. The van der Waals surface area contributed by atoms with Crippen LogP contribution in [0.3, 0.4) is 0 Å². The first kappa shape index (κ1) is 21.6. The number of halogens is 2. The first-order chi connectivity index (χ1) is 14.7. The van der Waals surface area contributed by atoms with Crippen LogP contribution >= 0.6 is 47.2 Å². The second kappa shape index (κ2) is 8.51. The smallest absolute Gasteiger partial charge is 0.335 e. The number of carboxylic acids is 1. The molecule has 3 aromatic rings. The fourth-order valence-corrected chi connectivity index (χ4v) is 4.70. The topological polar surface area (TPSA) is 70.8 Å². The molecule has 2 aromatic carbocycles. The zero-order chi connectivity index (χ0) is 22.3. The number of carbonyl (C=O) groups excluding carboxylic acids is 1. The molecule has 156 valence electrons. The van der Waals surface area contributed by atoms with Crippen molar-refractivity contribution in [2.24, 2.45) is 0 Å². The van der Waals surface area contributed by atoms with Gasteiger partial charge >= 0.3 is 5.97 Å². The van der Waals surface area contributed by atoms with E-state index in [1.165, 1.54) is 17.0 Å². The Morgan fingerprint density at radius 3 is 2.68 bits per heavy atom. The van der Waals surface area contributed by atoms with Crippen molar-refractivity contribution in [2.75, 3.05) is 4.90 Å². The first-order valence-corrected chi connectivity index (χ1v) is 10.9. The number of hydrogen-bond acceptors (Lipinski definition) is 5. The van der Waals surface area contributed by atoms with Gasteiger partial charge in [-0.1, -0.05) is 53.2 Å². The lowest BCUT2D eigenvalue weighted by Gasteiger charge is -2.17. The third-order valence-corrected chi connectivity index (χ3v) is 6.45. The molecule has 0 unspecified atom stereocenters. The van der Waals surface area contributed by atoms with Crippen LogP contribution in [0.1, 0.15) is 21.7 Å². The molecule has 1 N–H and O–H groups in total. The fourth-order valence-electron chi connectivity index (χ4n) is 3.05. The second-order valence-corrected chi connectivity index (χ2v) is 9.17. The average molecular weight is 490 g/mol. The zero-order valence-corrected chi connectivity index (χ0v) is 19.0. The minimum atomic E-state index is -1.08. The number of rotatable bonds is 4. The molecule has 2 heterocycles. The molecule has 0 spiro atoms. The molecule has 0 radical (unpaired) electrons. The van der Waals surface area contributed by atoms with E-state index in [9.17, 15) is 14.7 Å². The van der Waals surface area contributed by atoms with E-state index in [1.807, 2.05) is 0 Å². The molecule has 1 aliphatic heterocycles. The number of nitrogens with zero attached hydrogens (tertiary/aromatic N) is 1. The molecule has 1 saturated heterocycles. The summed E-state index contributed by atoms with van der Waals surface area (Å²) in [4.78, 5) is 26.1. The molecule has 5 nitrogen and oxygen atoms in total. The number of aromatic carboxylic acids is 1. The van der Waals surface area contributed by atoms with Crippen molar-refractivity contribution < 1.29 is 19.1 Å². The van der Waals surface area contributed by atoms with Crippen LogP contribution in [0.5, 0.6) is 0 Å². The molecular weight excluding hydrogens is 477 g/mol. The molecule has 4 rings (SSSR count). The van der Waals surface area contributed by atoms with Crippen molar-refractivity contribution in [2.45, 2.75) is 6.92 Å². The molecule has 0 bridgehead atoms. The quantitative estimate of drug-likeness (QED) is 0.326. The Kier molecular flexibility index (Phi) is 5.94. The Hall–Kier alpha value is -2.58. The summed E-state index contributed by atoms with van der Waals surface area (Å²) in [6.45, 7) is 1.79. The monoisotopic (exact) mass is 489 g/mol. The summed E-state index contributed by atoms with van der Waals surface area (Å²) < 4.78 is 6.15. The van der Waals surface area contributed by atoms with E-state index in [1.54, 1.807) is 49.4 Å². The van der Waals surface area contributed by atoms with Crippen LogP contribution in [0.2, 0.25) is 10.0 Å². The molecule has 1 fully saturated rings. The van der Waals surface area contributed by atoms with Gasteiger partial charge in [0, 0.05) is 16.7 Å². The Balaban J connectivity index is 1.66. The van der Waals surface area contributed by atoms with Crippen LogP contribution in [0.25, 0.3) is 17.4 Å². The largest absolute Gasteiger partial charge is 0.478 e. The molecule has 9 heteroatoms. The SMILES string of the molecule is Cc1ccc(C(=O)O)cc1N1C(=O)C(=Cc2ccc(-c3cc(Cl)ccc3Cl)o2)SC1=S. The Morgan fingerprint density at radius 2 is 1.94 bits per heavy atom. The summed E-state index contributed by atoms with van der Waals surface area (Å²) in [7, 11) is 0. The number of furan rings is 1. The number of carbonyl (C=O) groups is 2. The number of benzene rings is 2. The van der Waals surface area contributed by atoms with Crippen molar-refractivity contribution in [3.05, 3.63) is 80.4 Å². The Morgan fingerprint density at radius 1 is 1.16 bits per heavy atom. The van der Waals surface area contributed by atoms with Gasteiger partial charge in [0.1, 0.15) is 11.5 Å². The molecule has 0 aliphatic carbocycles. The van der Waals surface area contributed by atoms with E-state index in [2.05, 4.69) is 0 Å². The first-order valence-electron chi connectivity index (χ1n) is 8.92. The highest BCUT2D eigenvalue weighted by Crippen LogP contribution is 2.38. The van der Waals surface area contributed by atoms with E-state index in [-0.39, 0.29) is 11.5 Å². The van der Waals surface area contributed by atoms with Gasteiger partial charge in [0.25, 0.3) is 5.91 Å². The number of thiocarbonyl (C=S) groups is 1. The molecule has 1 amide bonds. The van der Waals surface area contributed by atoms with Crippen molar-refractivity contribution in [3.63, 3.8) is 0 Å². The van der Waals surface area contributed by atoms with E-state index in [4.69, 9.17) is 39.8 Å². The van der Waals surface area contributed by atoms with Gasteiger partial charge < -0.3 is 9.52 Å². The average Bonchev–Trinajstić information content (AvgIpc) is 3.29. The predicted molar refractivity (Wildman–Crippen MR) is 128 cm³/mol. The van der Waals surface area contributed by atoms with Crippen LogP contribution < -0.4 is 4.90 Å². The minimum absolute atomic E-state index is 0.0766. The predicted octanol–water partition coefficient (Wildman–Crippen LogP) is 6.67. The van der Waals surface area contributed by atoms with Gasteiger partial charge in [-0.2, -0.15) is 0 Å². The molecule has 1 aromatic heterocycles. The van der Waals surface area contributed by atoms with Crippen LogP contribution in [0.15, 0.2) is 57.9 Å². The van der Waals surface area contributed by atoms with Crippen molar-refractivity contribution >= 4 is 75.1 Å². The van der Waals surface area contributed by atoms with E-state index < -0.39 is 5.97 Å². The summed E-state index contributed by atoms with van der Waals surface area (Å²) in [5.41, 5.74) is 1.89. The van der Waals surface area contributed by atoms with Gasteiger partial charge in [0.05, 0.1) is 21.2 Å². The lowest BCUT2D eigenvalue weighted by Crippen LogP contribution is -2.28. The molecule has 0 saturated carbocycles. The molecular formula is C22H13Cl2NO4S2. The van der Waals surface area contributed by atoms with Crippen molar-refractivity contribution in [1.82, 2.24) is 0 Å². The minimum Gasteiger partial charge on any atom is -0.478 e. The summed E-state index contributed by atoms with van der Waals surface area (Å²) >= 11 is 18.8. The van der Waals surface area contributed by atoms with Gasteiger partial charge in [0.2, 0.25) is 0 Å². The maximum Gasteiger partial charge on any atom is 0.335 e. The number of carboxylic acid groups (broad SMARTS) is 1. The van der Waals surface area contributed by atoms with Crippen LogP contribution in [0.4, 0.5) is 5.69 Å². The zero-order valence-electron chi connectivity index (χ0n) is 15.9. The highest BCUT2D eigenvalue weighted by Gasteiger charge is 2.34. The van der Waals surface area contributed by atoms with E-state index in [0.717, 1.165) is 17.3 Å². The highest BCUT2D eigenvalue weighted by atomic mass is 35.5. The van der Waals surface area contributed by atoms with Gasteiger partial charge in [-0.15, -0.1) is 0 Å². The number of aryl methyl sites for hydroxylation is 1. The normalized spacial score (nSPS) is 15.2. The number of thioether (sulfide) groups is 1. The lowest BCUT2D eigenvalue weighted by atomic mass is 10.1. The lowest BCUT2D eigenvalue weighted by molar-refractivity contribution is -0.113. The maximum atomic E-state index is 13.1. The highest BCUT2D eigenvalue weighted by molar-refractivity contribution is 8.27. The van der Waals surface area contributed by atoms with Crippen LogP contribution in [0, 0.1) is 6.92 Å². The maximum absolute atomic E-state index is 13.1. The van der Waals surface area contributed by atoms with E-state index >= 15 is 0 Å².